The Morgan fingerprint density at radius 2 is 1.84 bits per heavy atom. The Balaban J connectivity index is 1.75. The highest BCUT2D eigenvalue weighted by Gasteiger charge is 2.23. The summed E-state index contributed by atoms with van der Waals surface area (Å²) in [5.74, 6) is 0.795. The number of hydrogen-bond acceptors (Lipinski definition) is 6. The van der Waals surface area contributed by atoms with Crippen LogP contribution in [0.1, 0.15) is 54.0 Å². The summed E-state index contributed by atoms with van der Waals surface area (Å²) in [7, 11) is -1.15. The number of rotatable bonds is 9. The van der Waals surface area contributed by atoms with Crippen molar-refractivity contribution >= 4 is 59.9 Å². The summed E-state index contributed by atoms with van der Waals surface area (Å²) in [4.78, 5) is 28.2. The van der Waals surface area contributed by atoms with Crippen LogP contribution in [0.5, 0.6) is 0 Å². The lowest BCUT2D eigenvalue weighted by Gasteiger charge is -2.19. The van der Waals surface area contributed by atoms with Gasteiger partial charge in [0.1, 0.15) is 0 Å². The van der Waals surface area contributed by atoms with Gasteiger partial charge in [-0.1, -0.05) is 25.7 Å². The number of tetrazole rings is 1. The molecule has 11 heteroatoms. The van der Waals surface area contributed by atoms with E-state index in [1.165, 1.54) is 0 Å². The van der Waals surface area contributed by atoms with Crippen LogP contribution in [0.25, 0.3) is 11.4 Å². The van der Waals surface area contributed by atoms with E-state index in [1.54, 1.807) is 16.9 Å². The van der Waals surface area contributed by atoms with Gasteiger partial charge < -0.3 is 10.6 Å². The number of carbonyl (C=O) groups is 2. The first-order chi connectivity index (χ1) is 17.7. The summed E-state index contributed by atoms with van der Waals surface area (Å²) in [6.45, 7) is 17.0. The maximum atomic E-state index is 13.3. The lowest BCUT2D eigenvalue weighted by atomic mass is 10.0. The number of hydrogen-bond donors (Lipinski definition) is 2. The van der Waals surface area contributed by atoms with E-state index in [4.69, 9.17) is 0 Å². The van der Waals surface area contributed by atoms with E-state index < -0.39 is 8.07 Å². The third kappa shape index (κ3) is 8.12. The summed E-state index contributed by atoms with van der Waals surface area (Å²) in [6.07, 6.45) is 0. The predicted octanol–water partition coefficient (Wildman–Crippen LogP) is 5.99. The minimum Gasteiger partial charge on any atom is -0.349 e. The number of thioether (sulfide) groups is 1. The van der Waals surface area contributed by atoms with Crippen molar-refractivity contribution in [2.45, 2.75) is 65.8 Å². The second-order valence-corrected chi connectivity index (χ2v) is 19.8. The van der Waals surface area contributed by atoms with Crippen LogP contribution in [0, 0.1) is 10.5 Å². The van der Waals surface area contributed by atoms with Crippen LogP contribution in [-0.2, 0) is 5.54 Å². The van der Waals surface area contributed by atoms with Gasteiger partial charge in [-0.3, -0.25) is 9.59 Å². The van der Waals surface area contributed by atoms with E-state index in [9.17, 15) is 9.59 Å². The highest BCUT2D eigenvalue weighted by Crippen LogP contribution is 2.25. The molecule has 1 unspecified atom stereocenters. The molecule has 2 N–H and O–H groups in total. The van der Waals surface area contributed by atoms with Crippen LogP contribution < -0.4 is 10.6 Å². The fourth-order valence-corrected chi connectivity index (χ4v) is 7.67. The topological polar surface area (TPSA) is 102 Å². The second kappa shape index (κ2) is 12.3. The molecule has 38 heavy (non-hydrogen) atoms. The van der Waals surface area contributed by atoms with Gasteiger partial charge in [0.05, 0.1) is 24.7 Å². The Morgan fingerprint density at radius 3 is 2.45 bits per heavy atom. The third-order valence-corrected chi connectivity index (χ3v) is 11.4. The first kappa shape index (κ1) is 30.3. The first-order valence-corrected chi connectivity index (χ1v) is 18.5. The molecule has 0 saturated heterocycles. The maximum absolute atomic E-state index is 13.3. The fourth-order valence-electron chi connectivity index (χ4n) is 3.57. The summed E-state index contributed by atoms with van der Waals surface area (Å²) in [6, 6.07) is 10.9. The largest absolute Gasteiger partial charge is 0.349 e. The number of benzene rings is 2. The Labute approximate surface area is 244 Å². The van der Waals surface area contributed by atoms with Gasteiger partial charge in [-0.05, 0) is 104 Å². The van der Waals surface area contributed by atoms with Crippen LogP contribution >= 0.6 is 34.4 Å². The van der Waals surface area contributed by atoms with E-state index in [-0.39, 0.29) is 23.4 Å². The second-order valence-electron chi connectivity index (χ2n) is 11.7. The molecule has 0 aliphatic carbocycles. The molecular weight excluding hydrogens is 627 g/mol. The van der Waals surface area contributed by atoms with Crippen molar-refractivity contribution in [2.24, 2.45) is 0 Å². The number of aryl methyl sites for hydroxylation is 1. The summed E-state index contributed by atoms with van der Waals surface area (Å²) in [5, 5.41) is 20.0. The molecular formula is C27H37IN6O2SSi. The van der Waals surface area contributed by atoms with Crippen molar-refractivity contribution in [3.8, 4) is 11.4 Å². The van der Waals surface area contributed by atoms with E-state index in [1.807, 2.05) is 70.6 Å². The van der Waals surface area contributed by atoms with E-state index in [2.05, 4.69) is 68.3 Å². The van der Waals surface area contributed by atoms with Crippen molar-refractivity contribution < 1.29 is 9.59 Å². The number of aromatic nitrogens is 4. The van der Waals surface area contributed by atoms with Gasteiger partial charge >= 0.3 is 0 Å². The number of amides is 2. The van der Waals surface area contributed by atoms with Crippen molar-refractivity contribution in [3.05, 3.63) is 56.7 Å². The molecule has 1 heterocycles. The SMILES string of the molecule is Cc1cc(-c2nnn(C(C)(C)C)n2)ccc1NC(=O)c1cccc(I)c1C(=O)NC(C)CSC[Si](C)(C)C. The van der Waals surface area contributed by atoms with Gasteiger partial charge in [0.2, 0.25) is 5.82 Å². The highest BCUT2D eigenvalue weighted by atomic mass is 127. The Bertz CT molecular complexity index is 1320. The molecule has 1 atom stereocenters. The average Bonchev–Trinajstić information content (AvgIpc) is 3.30. The van der Waals surface area contributed by atoms with Crippen molar-refractivity contribution in [1.82, 2.24) is 25.5 Å². The Morgan fingerprint density at radius 1 is 1.13 bits per heavy atom. The molecule has 0 saturated carbocycles. The lowest BCUT2D eigenvalue weighted by Crippen LogP contribution is -2.36. The number of halogens is 1. The van der Waals surface area contributed by atoms with Gasteiger partial charge in [0, 0.05) is 26.6 Å². The fraction of sp³-hybridized carbons (Fsp3) is 0.444. The third-order valence-electron chi connectivity index (χ3n) is 5.51. The highest BCUT2D eigenvalue weighted by molar-refractivity contribution is 14.1. The van der Waals surface area contributed by atoms with E-state index >= 15 is 0 Å². The zero-order valence-corrected chi connectivity index (χ0v) is 27.3. The van der Waals surface area contributed by atoms with Crippen LogP contribution in [0.2, 0.25) is 19.6 Å². The number of carbonyl (C=O) groups excluding carboxylic acids is 2. The summed E-state index contributed by atoms with van der Waals surface area (Å²) in [5.41, 5.74) is 2.79. The zero-order chi connectivity index (χ0) is 28.3. The van der Waals surface area contributed by atoms with Crippen molar-refractivity contribution in [3.63, 3.8) is 0 Å². The molecule has 0 spiro atoms. The lowest BCUT2D eigenvalue weighted by molar-refractivity contribution is 0.0930. The molecule has 1 aromatic heterocycles. The molecule has 0 bridgehead atoms. The number of anilines is 1. The zero-order valence-electron chi connectivity index (χ0n) is 23.3. The number of nitrogens with zero attached hydrogens (tertiary/aromatic N) is 4. The van der Waals surface area contributed by atoms with E-state index in [0.717, 1.165) is 25.8 Å². The van der Waals surface area contributed by atoms with Gasteiger partial charge in [-0.2, -0.15) is 16.6 Å². The molecule has 8 nitrogen and oxygen atoms in total. The van der Waals surface area contributed by atoms with Crippen molar-refractivity contribution in [1.29, 1.82) is 0 Å². The first-order valence-electron chi connectivity index (χ1n) is 12.6. The minimum absolute atomic E-state index is 0.00425. The van der Waals surface area contributed by atoms with Crippen LogP contribution in [0.3, 0.4) is 0 Å². The molecule has 3 aromatic rings. The molecule has 0 aliphatic heterocycles. The Kier molecular flexibility index (Phi) is 9.80. The van der Waals surface area contributed by atoms with E-state index in [0.29, 0.717) is 22.6 Å². The Hall–Kier alpha value is -2.25. The maximum Gasteiger partial charge on any atom is 0.256 e. The van der Waals surface area contributed by atoms with Crippen LogP contribution in [0.15, 0.2) is 36.4 Å². The van der Waals surface area contributed by atoms with Gasteiger partial charge in [0.25, 0.3) is 11.8 Å². The molecule has 2 aromatic carbocycles. The number of nitrogens with one attached hydrogen (secondary N) is 2. The van der Waals surface area contributed by atoms with Crippen molar-refractivity contribution in [2.75, 3.05) is 16.4 Å². The molecule has 2 amide bonds. The average molecular weight is 665 g/mol. The molecule has 204 valence electrons. The monoisotopic (exact) mass is 664 g/mol. The van der Waals surface area contributed by atoms with Gasteiger partial charge in [-0.15, -0.1) is 10.2 Å². The molecule has 0 aliphatic rings. The molecule has 3 rings (SSSR count). The minimum atomic E-state index is -1.15. The van der Waals surface area contributed by atoms with Gasteiger partial charge in [-0.25, -0.2) is 0 Å². The predicted molar refractivity (Wildman–Crippen MR) is 168 cm³/mol. The van der Waals surface area contributed by atoms with Crippen LogP contribution in [-0.4, -0.2) is 57.3 Å². The molecule has 0 fully saturated rings. The smallest absolute Gasteiger partial charge is 0.256 e. The standard InChI is InChI=1S/C27H37IN6O2SSi/c1-17-14-19(24-31-33-34(32-24)27(3,4)5)12-13-22(17)30-25(35)20-10-9-11-21(28)23(20)26(36)29-18(2)15-37-16-38(6,7)8/h9-14,18H,15-16H2,1-8H3,(H,29,36)(H,30,35). The quantitative estimate of drug-likeness (QED) is 0.215. The van der Waals surface area contributed by atoms with Gasteiger partial charge in [0.15, 0.2) is 0 Å². The summed E-state index contributed by atoms with van der Waals surface area (Å²) < 4.78 is 0.731. The van der Waals surface area contributed by atoms with Crippen LogP contribution in [0.4, 0.5) is 5.69 Å². The summed E-state index contributed by atoms with van der Waals surface area (Å²) >= 11 is 3.99. The molecule has 0 radical (unpaired) electrons. The normalized spacial score (nSPS) is 12.8.